The van der Waals surface area contributed by atoms with Crippen LogP contribution in [-0.2, 0) is 4.79 Å². The highest BCUT2D eigenvalue weighted by Gasteiger charge is 2.35. The van der Waals surface area contributed by atoms with Crippen molar-refractivity contribution < 1.29 is 14.7 Å². The Labute approximate surface area is 112 Å². The molecule has 0 saturated heterocycles. The van der Waals surface area contributed by atoms with Crippen LogP contribution in [0.15, 0.2) is 12.4 Å². The Morgan fingerprint density at radius 1 is 1.47 bits per heavy atom. The summed E-state index contributed by atoms with van der Waals surface area (Å²) in [6, 6.07) is -0.297. The number of rotatable bonds is 4. The number of aliphatic carboxylic acids is 1. The van der Waals surface area contributed by atoms with Gasteiger partial charge in [-0.2, -0.15) is 5.10 Å². The van der Waals surface area contributed by atoms with Crippen molar-refractivity contribution in [1.29, 1.82) is 0 Å². The van der Waals surface area contributed by atoms with Crippen molar-refractivity contribution in [1.82, 2.24) is 14.7 Å². The number of aromatic nitrogens is 2. The number of carboxylic acid groups (broad SMARTS) is 1. The van der Waals surface area contributed by atoms with Gasteiger partial charge < -0.3 is 15.3 Å². The van der Waals surface area contributed by atoms with Gasteiger partial charge in [0.2, 0.25) is 0 Å². The van der Waals surface area contributed by atoms with Gasteiger partial charge in [0, 0.05) is 19.3 Å². The van der Waals surface area contributed by atoms with Crippen LogP contribution in [0.4, 0.5) is 10.5 Å². The highest BCUT2D eigenvalue weighted by Crippen LogP contribution is 2.15. The van der Waals surface area contributed by atoms with E-state index in [0.717, 1.165) is 4.90 Å². The molecule has 1 aromatic rings. The third-order valence-corrected chi connectivity index (χ3v) is 3.05. The van der Waals surface area contributed by atoms with Gasteiger partial charge in [-0.1, -0.05) is 0 Å². The fourth-order valence-corrected chi connectivity index (χ4v) is 1.29. The fraction of sp³-hybridized carbons (Fsp3) is 0.583. The first-order chi connectivity index (χ1) is 8.66. The molecule has 0 aromatic carbocycles. The molecule has 0 unspecified atom stereocenters. The summed E-state index contributed by atoms with van der Waals surface area (Å²) in [5.41, 5.74) is -0.746. The van der Waals surface area contributed by atoms with E-state index >= 15 is 0 Å². The molecule has 0 fully saturated rings. The quantitative estimate of drug-likeness (QED) is 0.871. The van der Waals surface area contributed by atoms with E-state index in [1.807, 2.05) is 13.8 Å². The summed E-state index contributed by atoms with van der Waals surface area (Å²) >= 11 is 0. The van der Waals surface area contributed by atoms with Crippen molar-refractivity contribution in [3.8, 4) is 0 Å². The first-order valence-electron chi connectivity index (χ1n) is 5.98. The summed E-state index contributed by atoms with van der Waals surface area (Å²) in [5, 5.41) is 15.8. The van der Waals surface area contributed by atoms with Gasteiger partial charge in [0.1, 0.15) is 5.54 Å². The Morgan fingerprint density at radius 3 is 2.47 bits per heavy atom. The number of carbonyl (C=O) groups is 2. The Kier molecular flexibility index (Phi) is 4.18. The summed E-state index contributed by atoms with van der Waals surface area (Å²) in [7, 11) is 1.44. The van der Waals surface area contributed by atoms with E-state index in [4.69, 9.17) is 5.11 Å². The predicted molar refractivity (Wildman–Crippen MR) is 71.1 cm³/mol. The van der Waals surface area contributed by atoms with Crippen LogP contribution in [-0.4, -0.2) is 44.4 Å². The Hall–Kier alpha value is -2.05. The topological polar surface area (TPSA) is 87.5 Å². The van der Waals surface area contributed by atoms with Crippen LogP contribution in [0.3, 0.4) is 0 Å². The number of likely N-dealkylation sites (N-methyl/N-ethyl adjacent to an activating group) is 1. The molecule has 0 aliphatic heterocycles. The molecule has 0 aliphatic rings. The van der Waals surface area contributed by atoms with E-state index in [0.29, 0.717) is 5.69 Å². The van der Waals surface area contributed by atoms with Crippen LogP contribution in [0.1, 0.15) is 33.7 Å². The molecule has 1 aromatic heterocycles. The molecule has 106 valence electrons. The molecule has 0 atom stereocenters. The van der Waals surface area contributed by atoms with Crippen molar-refractivity contribution >= 4 is 17.7 Å². The summed E-state index contributed by atoms with van der Waals surface area (Å²) in [6.45, 7) is 6.87. The molecule has 0 aliphatic carbocycles. The lowest BCUT2D eigenvalue weighted by Crippen LogP contribution is -2.52. The number of urea groups is 1. The highest BCUT2D eigenvalue weighted by molar-refractivity contribution is 5.93. The van der Waals surface area contributed by atoms with E-state index in [1.54, 1.807) is 10.9 Å². The van der Waals surface area contributed by atoms with Crippen molar-refractivity contribution in [3.63, 3.8) is 0 Å². The second-order valence-electron chi connectivity index (χ2n) is 5.16. The lowest BCUT2D eigenvalue weighted by molar-refractivity contribution is -0.146. The second-order valence-corrected chi connectivity index (χ2v) is 5.16. The minimum Gasteiger partial charge on any atom is -0.480 e. The molecular formula is C12H20N4O3. The van der Waals surface area contributed by atoms with Gasteiger partial charge in [-0.15, -0.1) is 0 Å². The van der Waals surface area contributed by atoms with Gasteiger partial charge in [-0.25, -0.2) is 9.59 Å². The van der Waals surface area contributed by atoms with Gasteiger partial charge in [-0.3, -0.25) is 4.68 Å². The number of carbonyl (C=O) groups excluding carboxylic acids is 1. The van der Waals surface area contributed by atoms with Gasteiger partial charge >= 0.3 is 12.0 Å². The first-order valence-corrected chi connectivity index (χ1v) is 5.98. The number of anilines is 1. The number of nitrogens with one attached hydrogen (secondary N) is 1. The van der Waals surface area contributed by atoms with Gasteiger partial charge in [0.15, 0.2) is 0 Å². The zero-order valence-corrected chi connectivity index (χ0v) is 11.8. The van der Waals surface area contributed by atoms with E-state index < -0.39 is 17.5 Å². The van der Waals surface area contributed by atoms with E-state index in [9.17, 15) is 9.59 Å². The maximum atomic E-state index is 12.0. The van der Waals surface area contributed by atoms with Crippen LogP contribution >= 0.6 is 0 Å². The summed E-state index contributed by atoms with van der Waals surface area (Å²) < 4.78 is 1.71. The largest absolute Gasteiger partial charge is 0.480 e. The summed E-state index contributed by atoms with van der Waals surface area (Å²) in [5.74, 6) is -1.07. The zero-order valence-electron chi connectivity index (χ0n) is 11.8. The van der Waals surface area contributed by atoms with Crippen LogP contribution < -0.4 is 5.32 Å². The smallest absolute Gasteiger partial charge is 0.329 e. The van der Waals surface area contributed by atoms with Crippen molar-refractivity contribution in [2.45, 2.75) is 39.3 Å². The van der Waals surface area contributed by atoms with Crippen molar-refractivity contribution in [2.24, 2.45) is 0 Å². The SMILES string of the molecule is CC(C)n1cc(NC(=O)N(C)C(C)(C)C(=O)O)cn1. The molecule has 0 spiro atoms. The summed E-state index contributed by atoms with van der Waals surface area (Å²) in [4.78, 5) is 24.2. The molecule has 7 heteroatoms. The molecule has 2 N–H and O–H groups in total. The van der Waals surface area contributed by atoms with Crippen molar-refractivity contribution in [2.75, 3.05) is 12.4 Å². The molecule has 2 amide bonds. The van der Waals surface area contributed by atoms with Gasteiger partial charge in [0.25, 0.3) is 0 Å². The number of carboxylic acids is 1. The normalized spacial score (nSPS) is 11.5. The maximum Gasteiger partial charge on any atom is 0.329 e. The average Bonchev–Trinajstić information content (AvgIpc) is 2.76. The lowest BCUT2D eigenvalue weighted by Gasteiger charge is -2.31. The van der Waals surface area contributed by atoms with E-state index in [2.05, 4.69) is 10.4 Å². The maximum absolute atomic E-state index is 12.0. The average molecular weight is 268 g/mol. The number of hydrogen-bond acceptors (Lipinski definition) is 3. The van der Waals surface area contributed by atoms with Gasteiger partial charge in [0.05, 0.1) is 11.9 Å². The minimum atomic E-state index is -1.28. The monoisotopic (exact) mass is 268 g/mol. The zero-order chi connectivity index (χ0) is 14.8. The molecule has 0 bridgehead atoms. The van der Waals surface area contributed by atoms with Crippen LogP contribution in [0, 0.1) is 0 Å². The molecule has 1 rings (SSSR count). The Morgan fingerprint density at radius 2 is 2.05 bits per heavy atom. The van der Waals surface area contributed by atoms with E-state index in [1.165, 1.54) is 27.1 Å². The van der Waals surface area contributed by atoms with Crippen LogP contribution in [0.25, 0.3) is 0 Å². The molecule has 19 heavy (non-hydrogen) atoms. The number of nitrogens with zero attached hydrogens (tertiary/aromatic N) is 3. The molecule has 0 saturated carbocycles. The molecular weight excluding hydrogens is 248 g/mol. The highest BCUT2D eigenvalue weighted by atomic mass is 16.4. The fourth-order valence-electron chi connectivity index (χ4n) is 1.29. The summed E-state index contributed by atoms with van der Waals surface area (Å²) in [6.07, 6.45) is 3.23. The Bertz CT molecular complexity index is 479. The Balaban J connectivity index is 2.76. The first kappa shape index (κ1) is 15.0. The third kappa shape index (κ3) is 3.24. The molecule has 1 heterocycles. The minimum absolute atomic E-state index is 0.193. The van der Waals surface area contributed by atoms with Crippen molar-refractivity contribution in [3.05, 3.63) is 12.4 Å². The second kappa shape index (κ2) is 5.29. The van der Waals surface area contributed by atoms with Crippen LogP contribution in [0.2, 0.25) is 0 Å². The lowest BCUT2D eigenvalue weighted by atomic mass is 10.1. The molecule has 0 radical (unpaired) electrons. The number of hydrogen-bond donors (Lipinski definition) is 2. The standard InChI is InChI=1S/C12H20N4O3/c1-8(2)16-7-9(6-13-16)14-11(19)15(5)12(3,4)10(17)18/h6-8H,1-5H3,(H,14,19)(H,17,18). The van der Waals surface area contributed by atoms with Gasteiger partial charge in [-0.05, 0) is 27.7 Å². The molecule has 7 nitrogen and oxygen atoms in total. The van der Waals surface area contributed by atoms with Crippen LogP contribution in [0.5, 0.6) is 0 Å². The third-order valence-electron chi connectivity index (χ3n) is 3.05. The number of amides is 2. The predicted octanol–water partition coefficient (Wildman–Crippen LogP) is 1.79. The van der Waals surface area contributed by atoms with E-state index in [-0.39, 0.29) is 6.04 Å².